The van der Waals surface area contributed by atoms with Gasteiger partial charge in [0.25, 0.3) is 0 Å². The smallest absolute Gasteiger partial charge is 0.166 e. The minimum absolute atomic E-state index is 0.276. The van der Waals surface area contributed by atoms with Crippen LogP contribution in [0.1, 0.15) is 17.2 Å². The van der Waals surface area contributed by atoms with E-state index in [1.165, 1.54) is 32.4 Å². The first-order valence-corrected chi connectivity index (χ1v) is 6.30. The largest absolute Gasteiger partial charge is 0.493 e. The monoisotopic (exact) mass is 296 g/mol. The fraction of sp³-hybridized carbons (Fsp3) is 0.200. The molecule has 0 fully saturated rings. The SMILES string of the molecule is COc1cccc(C(O)c2cc(F)ccc2Cl)c1OC. The number of hydrogen-bond donors (Lipinski definition) is 1. The lowest BCUT2D eigenvalue weighted by Gasteiger charge is -2.18. The minimum atomic E-state index is -1.11. The standard InChI is InChI=1S/C15H14ClFO3/c1-19-13-5-3-4-10(15(13)20-2)14(18)11-8-9(17)6-7-12(11)16/h3-8,14,18H,1-2H3. The van der Waals surface area contributed by atoms with Crippen molar-refractivity contribution in [3.63, 3.8) is 0 Å². The number of ether oxygens (including phenoxy) is 2. The minimum Gasteiger partial charge on any atom is -0.493 e. The van der Waals surface area contributed by atoms with Crippen LogP contribution in [-0.2, 0) is 0 Å². The predicted molar refractivity (Wildman–Crippen MR) is 75.0 cm³/mol. The Hall–Kier alpha value is -1.78. The average Bonchev–Trinajstić information content (AvgIpc) is 2.48. The van der Waals surface area contributed by atoms with Gasteiger partial charge in [0, 0.05) is 16.1 Å². The molecule has 1 atom stereocenters. The van der Waals surface area contributed by atoms with Gasteiger partial charge in [0.2, 0.25) is 0 Å². The van der Waals surface area contributed by atoms with E-state index < -0.39 is 11.9 Å². The van der Waals surface area contributed by atoms with Crippen molar-refractivity contribution >= 4 is 11.6 Å². The molecule has 2 aromatic carbocycles. The number of methoxy groups -OCH3 is 2. The van der Waals surface area contributed by atoms with Gasteiger partial charge in [-0.05, 0) is 24.3 Å². The summed E-state index contributed by atoms with van der Waals surface area (Å²) in [6.45, 7) is 0. The van der Waals surface area contributed by atoms with E-state index in [-0.39, 0.29) is 10.6 Å². The summed E-state index contributed by atoms with van der Waals surface area (Å²) in [5.41, 5.74) is 0.734. The first kappa shape index (κ1) is 14.6. The van der Waals surface area contributed by atoms with E-state index in [4.69, 9.17) is 21.1 Å². The van der Waals surface area contributed by atoms with Crippen LogP contribution < -0.4 is 9.47 Å². The molecule has 2 aromatic rings. The Kier molecular flexibility index (Phi) is 4.47. The number of hydrogen-bond acceptors (Lipinski definition) is 3. The Balaban J connectivity index is 2.53. The molecule has 5 heteroatoms. The normalized spacial score (nSPS) is 12.1. The molecule has 0 spiro atoms. The summed E-state index contributed by atoms with van der Waals surface area (Å²) >= 11 is 6.01. The second kappa shape index (κ2) is 6.11. The molecule has 0 saturated heterocycles. The molecule has 0 aliphatic rings. The van der Waals surface area contributed by atoms with E-state index in [1.807, 2.05) is 0 Å². The van der Waals surface area contributed by atoms with Crippen molar-refractivity contribution in [2.45, 2.75) is 6.10 Å². The highest BCUT2D eigenvalue weighted by atomic mass is 35.5. The Labute approximate surface area is 121 Å². The van der Waals surface area contributed by atoms with Gasteiger partial charge in [-0.3, -0.25) is 0 Å². The lowest BCUT2D eigenvalue weighted by Crippen LogP contribution is -2.05. The topological polar surface area (TPSA) is 38.7 Å². The van der Waals surface area contributed by atoms with Crippen molar-refractivity contribution in [3.05, 3.63) is 58.4 Å². The van der Waals surface area contributed by atoms with Gasteiger partial charge in [-0.2, -0.15) is 0 Å². The molecule has 0 amide bonds. The Morgan fingerprint density at radius 3 is 2.50 bits per heavy atom. The van der Waals surface area contributed by atoms with Crippen LogP contribution in [0.2, 0.25) is 5.02 Å². The maximum atomic E-state index is 13.3. The van der Waals surface area contributed by atoms with E-state index in [2.05, 4.69) is 0 Å². The first-order chi connectivity index (χ1) is 9.58. The number of para-hydroxylation sites is 1. The van der Waals surface area contributed by atoms with Gasteiger partial charge in [-0.1, -0.05) is 23.7 Å². The second-order valence-corrected chi connectivity index (χ2v) is 4.56. The predicted octanol–water partition coefficient (Wildman–Crippen LogP) is 3.58. The van der Waals surface area contributed by atoms with Crippen molar-refractivity contribution in [3.8, 4) is 11.5 Å². The Morgan fingerprint density at radius 1 is 1.10 bits per heavy atom. The Morgan fingerprint density at radius 2 is 1.85 bits per heavy atom. The summed E-state index contributed by atoms with van der Waals surface area (Å²) < 4.78 is 23.8. The van der Waals surface area contributed by atoms with Crippen molar-refractivity contribution in [2.75, 3.05) is 14.2 Å². The summed E-state index contributed by atoms with van der Waals surface area (Å²) in [6.07, 6.45) is -1.11. The third-order valence-electron chi connectivity index (χ3n) is 2.98. The molecule has 1 unspecified atom stereocenters. The molecule has 0 aliphatic heterocycles. The molecule has 0 radical (unpaired) electrons. The Bertz CT molecular complexity index is 616. The summed E-state index contributed by atoms with van der Waals surface area (Å²) in [5.74, 6) is 0.407. The van der Waals surface area contributed by atoms with Crippen LogP contribution in [0.5, 0.6) is 11.5 Å². The molecule has 106 valence electrons. The molecular formula is C15H14ClFO3. The third kappa shape index (κ3) is 2.71. The number of rotatable bonds is 4. The van der Waals surface area contributed by atoms with Gasteiger partial charge >= 0.3 is 0 Å². The van der Waals surface area contributed by atoms with E-state index in [9.17, 15) is 9.50 Å². The molecule has 0 heterocycles. The molecule has 0 bridgehead atoms. The quantitative estimate of drug-likeness (QED) is 0.937. The summed E-state index contributed by atoms with van der Waals surface area (Å²) in [4.78, 5) is 0. The maximum absolute atomic E-state index is 13.3. The van der Waals surface area contributed by atoms with Gasteiger partial charge in [-0.25, -0.2) is 4.39 Å². The van der Waals surface area contributed by atoms with Crippen molar-refractivity contribution < 1.29 is 19.0 Å². The summed E-state index contributed by atoms with van der Waals surface area (Å²) in [7, 11) is 2.98. The lowest BCUT2D eigenvalue weighted by atomic mass is 10.00. The molecular weight excluding hydrogens is 283 g/mol. The van der Waals surface area contributed by atoms with Crippen LogP contribution >= 0.6 is 11.6 Å². The zero-order valence-electron chi connectivity index (χ0n) is 11.1. The number of benzene rings is 2. The van der Waals surface area contributed by atoms with Gasteiger partial charge in [0.15, 0.2) is 11.5 Å². The lowest BCUT2D eigenvalue weighted by molar-refractivity contribution is 0.212. The second-order valence-electron chi connectivity index (χ2n) is 4.15. The van der Waals surface area contributed by atoms with Crippen LogP contribution in [-0.4, -0.2) is 19.3 Å². The maximum Gasteiger partial charge on any atom is 0.166 e. The summed E-state index contributed by atoms with van der Waals surface area (Å²) in [6, 6.07) is 8.94. The van der Waals surface area contributed by atoms with Crippen LogP contribution in [0.15, 0.2) is 36.4 Å². The first-order valence-electron chi connectivity index (χ1n) is 5.92. The summed E-state index contributed by atoms with van der Waals surface area (Å²) in [5, 5.41) is 10.7. The molecule has 20 heavy (non-hydrogen) atoms. The van der Waals surface area contributed by atoms with Crippen LogP contribution in [0, 0.1) is 5.82 Å². The number of aliphatic hydroxyl groups is 1. The highest BCUT2D eigenvalue weighted by Crippen LogP contribution is 2.38. The average molecular weight is 297 g/mol. The molecule has 0 saturated carbocycles. The van der Waals surface area contributed by atoms with E-state index in [0.29, 0.717) is 17.1 Å². The van der Waals surface area contributed by atoms with Crippen LogP contribution in [0.3, 0.4) is 0 Å². The fourth-order valence-corrected chi connectivity index (χ4v) is 2.24. The zero-order chi connectivity index (χ0) is 14.7. The van der Waals surface area contributed by atoms with Gasteiger partial charge in [0.1, 0.15) is 11.9 Å². The molecule has 3 nitrogen and oxygen atoms in total. The molecule has 2 rings (SSSR count). The van der Waals surface area contributed by atoms with Gasteiger partial charge in [-0.15, -0.1) is 0 Å². The zero-order valence-corrected chi connectivity index (χ0v) is 11.8. The number of aliphatic hydroxyl groups excluding tert-OH is 1. The molecule has 0 aromatic heterocycles. The van der Waals surface area contributed by atoms with Gasteiger partial charge in [0.05, 0.1) is 14.2 Å². The van der Waals surface area contributed by atoms with Crippen LogP contribution in [0.4, 0.5) is 4.39 Å². The highest BCUT2D eigenvalue weighted by Gasteiger charge is 2.21. The molecule has 0 aliphatic carbocycles. The molecule has 1 N–H and O–H groups in total. The fourth-order valence-electron chi connectivity index (χ4n) is 2.02. The van der Waals surface area contributed by atoms with Crippen LogP contribution in [0.25, 0.3) is 0 Å². The number of halogens is 2. The van der Waals surface area contributed by atoms with Crippen molar-refractivity contribution in [2.24, 2.45) is 0 Å². The van der Waals surface area contributed by atoms with Crippen molar-refractivity contribution in [1.29, 1.82) is 0 Å². The van der Waals surface area contributed by atoms with E-state index in [1.54, 1.807) is 18.2 Å². The van der Waals surface area contributed by atoms with E-state index in [0.717, 1.165) is 0 Å². The van der Waals surface area contributed by atoms with Crippen molar-refractivity contribution in [1.82, 2.24) is 0 Å². The van der Waals surface area contributed by atoms with E-state index >= 15 is 0 Å². The highest BCUT2D eigenvalue weighted by molar-refractivity contribution is 6.31. The third-order valence-corrected chi connectivity index (χ3v) is 3.32. The van der Waals surface area contributed by atoms with Gasteiger partial charge < -0.3 is 14.6 Å².